The van der Waals surface area contributed by atoms with Gasteiger partial charge in [0.1, 0.15) is 11.5 Å². The molecular formula is C26H23N3O3. The van der Waals surface area contributed by atoms with Crippen molar-refractivity contribution in [3.63, 3.8) is 0 Å². The van der Waals surface area contributed by atoms with Crippen molar-refractivity contribution < 1.29 is 14.3 Å². The Morgan fingerprint density at radius 1 is 1.12 bits per heavy atom. The van der Waals surface area contributed by atoms with Crippen molar-refractivity contribution in [1.29, 1.82) is 5.26 Å². The highest BCUT2D eigenvalue weighted by Crippen LogP contribution is 2.29. The van der Waals surface area contributed by atoms with Gasteiger partial charge in [0, 0.05) is 23.7 Å². The summed E-state index contributed by atoms with van der Waals surface area (Å²) in [7, 11) is 0. The molecule has 3 aromatic rings. The predicted octanol–water partition coefficient (Wildman–Crippen LogP) is 5.19. The normalized spacial score (nSPS) is 14.6. The van der Waals surface area contributed by atoms with Crippen molar-refractivity contribution in [2.45, 2.75) is 26.2 Å². The summed E-state index contributed by atoms with van der Waals surface area (Å²) in [5, 5.41) is 14.7. The van der Waals surface area contributed by atoms with Gasteiger partial charge in [-0.25, -0.2) is 0 Å². The summed E-state index contributed by atoms with van der Waals surface area (Å²) in [5.74, 6) is 0.910. The first-order chi connectivity index (χ1) is 15.5. The molecule has 160 valence electrons. The van der Waals surface area contributed by atoms with Gasteiger partial charge in [-0.15, -0.1) is 0 Å². The monoisotopic (exact) mass is 425 g/mol. The third kappa shape index (κ3) is 4.96. The van der Waals surface area contributed by atoms with Gasteiger partial charge in [-0.1, -0.05) is 18.2 Å². The Morgan fingerprint density at radius 3 is 2.62 bits per heavy atom. The van der Waals surface area contributed by atoms with Crippen LogP contribution in [0.5, 0.6) is 11.5 Å². The minimum Gasteiger partial charge on any atom is -0.457 e. The molecule has 0 bridgehead atoms. The summed E-state index contributed by atoms with van der Waals surface area (Å²) in [6.45, 7) is 1.90. The molecule has 1 unspecified atom stereocenters. The van der Waals surface area contributed by atoms with Crippen LogP contribution in [-0.2, 0) is 16.0 Å². The lowest BCUT2D eigenvalue weighted by Gasteiger charge is -2.24. The highest BCUT2D eigenvalue weighted by molar-refractivity contribution is 5.96. The first-order valence-electron chi connectivity index (χ1n) is 10.5. The quantitative estimate of drug-likeness (QED) is 0.569. The Hall–Kier alpha value is -4.11. The molecule has 0 fully saturated rings. The lowest BCUT2D eigenvalue weighted by atomic mass is 9.89. The number of benzene rings is 3. The predicted molar refractivity (Wildman–Crippen MR) is 123 cm³/mol. The zero-order valence-corrected chi connectivity index (χ0v) is 17.7. The number of para-hydroxylation sites is 1. The van der Waals surface area contributed by atoms with Gasteiger partial charge in [0.15, 0.2) is 0 Å². The molecule has 0 saturated heterocycles. The minimum atomic E-state index is -0.208. The average molecular weight is 425 g/mol. The number of fused-ring (bicyclic) bond motifs is 1. The van der Waals surface area contributed by atoms with E-state index in [1.165, 1.54) is 0 Å². The molecule has 1 aliphatic rings. The molecule has 1 heterocycles. The minimum absolute atomic E-state index is 0.0306. The number of nitrogens with zero attached hydrogens (tertiary/aromatic N) is 1. The summed E-state index contributed by atoms with van der Waals surface area (Å²) in [6.07, 6.45) is 1.41. The van der Waals surface area contributed by atoms with Gasteiger partial charge in [0.25, 0.3) is 0 Å². The van der Waals surface area contributed by atoms with Crippen LogP contribution in [0.2, 0.25) is 0 Å². The zero-order valence-electron chi connectivity index (χ0n) is 17.7. The van der Waals surface area contributed by atoms with Crippen LogP contribution >= 0.6 is 0 Å². The molecule has 6 nitrogen and oxygen atoms in total. The summed E-state index contributed by atoms with van der Waals surface area (Å²) in [4.78, 5) is 24.8. The molecular weight excluding hydrogens is 402 g/mol. The molecule has 2 N–H and O–H groups in total. The van der Waals surface area contributed by atoms with Crippen LogP contribution in [0.3, 0.4) is 0 Å². The Morgan fingerprint density at radius 2 is 1.88 bits per heavy atom. The smallest absolute Gasteiger partial charge is 0.227 e. The van der Waals surface area contributed by atoms with E-state index in [0.29, 0.717) is 35.6 Å². The second-order valence-electron chi connectivity index (χ2n) is 7.85. The second kappa shape index (κ2) is 9.36. The van der Waals surface area contributed by atoms with Crippen LogP contribution < -0.4 is 15.4 Å². The molecule has 0 saturated carbocycles. The summed E-state index contributed by atoms with van der Waals surface area (Å²) in [6, 6.07) is 22.1. The number of hydrogen-bond donors (Lipinski definition) is 2. The van der Waals surface area contributed by atoms with Gasteiger partial charge in [-0.2, -0.15) is 5.26 Å². The van der Waals surface area contributed by atoms with E-state index in [0.717, 1.165) is 16.8 Å². The van der Waals surface area contributed by atoms with Crippen molar-refractivity contribution in [2.75, 3.05) is 10.6 Å². The van der Waals surface area contributed by atoms with Gasteiger partial charge in [-0.05, 0) is 79.4 Å². The Bertz CT molecular complexity index is 1200. The summed E-state index contributed by atoms with van der Waals surface area (Å²) < 4.78 is 5.82. The van der Waals surface area contributed by atoms with Gasteiger partial charge < -0.3 is 15.4 Å². The number of ether oxygens (including phenoxy) is 1. The highest BCUT2D eigenvalue weighted by Gasteiger charge is 2.26. The number of anilines is 2. The van der Waals surface area contributed by atoms with Gasteiger partial charge in [0.05, 0.1) is 11.6 Å². The van der Waals surface area contributed by atoms with Crippen LogP contribution in [0.25, 0.3) is 0 Å². The van der Waals surface area contributed by atoms with E-state index in [9.17, 15) is 9.59 Å². The van der Waals surface area contributed by atoms with Crippen LogP contribution in [0, 0.1) is 24.2 Å². The number of carbonyl (C=O) groups excluding carboxylic acids is 2. The molecule has 6 heteroatoms. The van der Waals surface area contributed by atoms with Crippen LogP contribution in [0.15, 0.2) is 66.7 Å². The topological polar surface area (TPSA) is 91.2 Å². The zero-order chi connectivity index (χ0) is 22.5. The van der Waals surface area contributed by atoms with E-state index in [1.54, 1.807) is 36.4 Å². The second-order valence-corrected chi connectivity index (χ2v) is 7.85. The third-order valence-electron chi connectivity index (χ3n) is 5.52. The number of carbonyl (C=O) groups is 2. The van der Waals surface area contributed by atoms with Crippen LogP contribution in [0.1, 0.15) is 29.5 Å². The first-order valence-corrected chi connectivity index (χ1v) is 10.5. The van der Waals surface area contributed by atoms with E-state index in [2.05, 4.69) is 16.7 Å². The fourth-order valence-corrected chi connectivity index (χ4v) is 3.74. The molecule has 0 radical (unpaired) electrons. The number of hydrogen-bond acceptors (Lipinski definition) is 4. The van der Waals surface area contributed by atoms with Gasteiger partial charge >= 0.3 is 0 Å². The number of nitriles is 1. The molecule has 1 aliphatic heterocycles. The SMILES string of the molecule is Cc1cc(Oc2ccc(C#N)cc2)ccc1NC(=O)CCC1Cc2ccccc2NC1=O. The Kier molecular flexibility index (Phi) is 6.18. The van der Waals surface area contributed by atoms with Gasteiger partial charge in [0.2, 0.25) is 11.8 Å². The maximum atomic E-state index is 12.5. The van der Waals surface area contributed by atoms with Gasteiger partial charge in [-0.3, -0.25) is 9.59 Å². The van der Waals surface area contributed by atoms with E-state index < -0.39 is 0 Å². The molecule has 4 rings (SSSR count). The molecule has 1 atom stereocenters. The van der Waals surface area contributed by atoms with E-state index >= 15 is 0 Å². The summed E-state index contributed by atoms with van der Waals surface area (Å²) in [5.41, 5.74) is 4.11. The maximum absolute atomic E-state index is 12.5. The number of amides is 2. The van der Waals surface area contributed by atoms with Crippen LogP contribution in [0.4, 0.5) is 11.4 Å². The first kappa shape index (κ1) is 21.1. The van der Waals surface area contributed by atoms with Crippen LogP contribution in [-0.4, -0.2) is 11.8 Å². The Labute approximate surface area is 186 Å². The van der Waals surface area contributed by atoms with E-state index in [4.69, 9.17) is 10.00 Å². The highest BCUT2D eigenvalue weighted by atomic mass is 16.5. The van der Waals surface area contributed by atoms with E-state index in [1.807, 2.05) is 37.3 Å². The maximum Gasteiger partial charge on any atom is 0.227 e. The largest absolute Gasteiger partial charge is 0.457 e. The third-order valence-corrected chi connectivity index (χ3v) is 5.52. The molecule has 0 spiro atoms. The molecule has 32 heavy (non-hydrogen) atoms. The number of aryl methyl sites for hydroxylation is 1. The summed E-state index contributed by atoms with van der Waals surface area (Å²) >= 11 is 0. The lowest BCUT2D eigenvalue weighted by Crippen LogP contribution is -2.30. The number of rotatable bonds is 6. The standard InChI is InChI=1S/C26H23N3O3/c1-17-14-22(32-21-9-6-18(16-27)7-10-21)11-12-23(17)28-25(30)13-8-20-15-19-4-2-3-5-24(19)29-26(20)31/h2-7,9-12,14,20H,8,13,15H2,1H3,(H,28,30)(H,29,31). The van der Waals surface area contributed by atoms with Crippen molar-refractivity contribution in [1.82, 2.24) is 0 Å². The molecule has 2 amide bonds. The van der Waals surface area contributed by atoms with Crippen molar-refractivity contribution in [3.05, 3.63) is 83.4 Å². The molecule has 0 aromatic heterocycles. The van der Waals surface area contributed by atoms with Crippen molar-refractivity contribution in [3.8, 4) is 17.6 Å². The van der Waals surface area contributed by atoms with Crippen molar-refractivity contribution >= 4 is 23.2 Å². The molecule has 0 aliphatic carbocycles. The molecule has 3 aromatic carbocycles. The Balaban J connectivity index is 1.32. The average Bonchev–Trinajstić information content (AvgIpc) is 2.80. The van der Waals surface area contributed by atoms with E-state index in [-0.39, 0.29) is 24.2 Å². The number of nitrogens with one attached hydrogen (secondary N) is 2. The lowest BCUT2D eigenvalue weighted by molar-refractivity contribution is -0.121. The van der Waals surface area contributed by atoms with Crippen molar-refractivity contribution in [2.24, 2.45) is 5.92 Å². The fraction of sp³-hybridized carbons (Fsp3) is 0.192. The fourth-order valence-electron chi connectivity index (χ4n) is 3.74.